The number of benzene rings is 2. The number of carbonyl (C=O) groups is 2. The quantitative estimate of drug-likeness (QED) is 0.786. The third-order valence-electron chi connectivity index (χ3n) is 4.22. The molecule has 0 heterocycles. The van der Waals surface area contributed by atoms with E-state index in [0.717, 1.165) is 18.6 Å². The summed E-state index contributed by atoms with van der Waals surface area (Å²) < 4.78 is 5.85. The van der Waals surface area contributed by atoms with Gasteiger partial charge in [0.25, 0.3) is 0 Å². The van der Waals surface area contributed by atoms with Crippen molar-refractivity contribution in [3.63, 3.8) is 0 Å². The van der Waals surface area contributed by atoms with Gasteiger partial charge in [0.1, 0.15) is 11.5 Å². The highest BCUT2D eigenvalue weighted by atomic mass is 16.5. The third kappa shape index (κ3) is 2.05. The molecule has 2 aliphatic rings. The molecule has 21 heavy (non-hydrogen) atoms. The van der Waals surface area contributed by atoms with Crippen LogP contribution in [0.3, 0.4) is 0 Å². The van der Waals surface area contributed by atoms with Crippen LogP contribution in [0.4, 0.5) is 0 Å². The summed E-state index contributed by atoms with van der Waals surface area (Å²) in [7, 11) is 0. The Morgan fingerprint density at radius 2 is 1.48 bits per heavy atom. The van der Waals surface area contributed by atoms with E-state index in [-0.39, 0.29) is 18.0 Å². The molecular formula is C18H14O3. The molecule has 0 unspecified atom stereocenters. The first kappa shape index (κ1) is 12.3. The first-order chi connectivity index (χ1) is 10.2. The summed E-state index contributed by atoms with van der Waals surface area (Å²) in [6, 6.07) is 11.3. The van der Waals surface area contributed by atoms with E-state index in [4.69, 9.17) is 4.74 Å². The summed E-state index contributed by atoms with van der Waals surface area (Å²) in [5.41, 5.74) is 3.75. The lowest BCUT2D eigenvalue weighted by atomic mass is 10.1. The predicted molar refractivity (Wildman–Crippen MR) is 78.3 cm³/mol. The molecule has 0 aromatic heterocycles. The van der Waals surface area contributed by atoms with Gasteiger partial charge in [0.05, 0.1) is 6.42 Å². The zero-order valence-corrected chi connectivity index (χ0v) is 11.5. The Morgan fingerprint density at radius 3 is 2.38 bits per heavy atom. The lowest BCUT2D eigenvalue weighted by Gasteiger charge is -2.08. The molecule has 0 spiro atoms. The van der Waals surface area contributed by atoms with Crippen LogP contribution >= 0.6 is 0 Å². The van der Waals surface area contributed by atoms with Crippen molar-refractivity contribution in [2.45, 2.75) is 25.7 Å². The number of rotatable bonds is 2. The van der Waals surface area contributed by atoms with Crippen LogP contribution in [0.2, 0.25) is 0 Å². The number of fused-ring (bicyclic) bond motifs is 2. The van der Waals surface area contributed by atoms with Crippen LogP contribution in [0.1, 0.15) is 44.7 Å². The van der Waals surface area contributed by atoms with Crippen LogP contribution in [0.25, 0.3) is 0 Å². The van der Waals surface area contributed by atoms with Gasteiger partial charge in [-0.3, -0.25) is 9.59 Å². The molecule has 0 saturated heterocycles. The van der Waals surface area contributed by atoms with Crippen LogP contribution < -0.4 is 4.74 Å². The number of ether oxygens (including phenoxy) is 1. The Morgan fingerprint density at radius 1 is 0.762 bits per heavy atom. The van der Waals surface area contributed by atoms with Gasteiger partial charge < -0.3 is 4.74 Å². The van der Waals surface area contributed by atoms with E-state index in [1.807, 2.05) is 6.07 Å². The van der Waals surface area contributed by atoms with Crippen molar-refractivity contribution in [2.75, 3.05) is 0 Å². The molecule has 0 aliphatic heterocycles. The first-order valence-corrected chi connectivity index (χ1v) is 7.21. The van der Waals surface area contributed by atoms with E-state index in [1.165, 1.54) is 17.5 Å². The summed E-state index contributed by atoms with van der Waals surface area (Å²) in [6.07, 6.45) is 3.43. The summed E-state index contributed by atoms with van der Waals surface area (Å²) >= 11 is 0. The normalized spacial score (nSPS) is 16.0. The summed E-state index contributed by atoms with van der Waals surface area (Å²) in [5, 5.41) is 0. The second kappa shape index (κ2) is 4.55. The molecule has 2 aromatic carbocycles. The van der Waals surface area contributed by atoms with Gasteiger partial charge in [0.15, 0.2) is 11.6 Å². The van der Waals surface area contributed by atoms with Crippen LogP contribution in [0.15, 0.2) is 36.4 Å². The average molecular weight is 278 g/mol. The van der Waals surface area contributed by atoms with Gasteiger partial charge in [0, 0.05) is 11.1 Å². The molecule has 0 N–H and O–H groups in total. The van der Waals surface area contributed by atoms with Crippen molar-refractivity contribution < 1.29 is 14.3 Å². The second-order valence-electron chi connectivity index (χ2n) is 5.62. The van der Waals surface area contributed by atoms with Crippen molar-refractivity contribution in [2.24, 2.45) is 0 Å². The molecular weight excluding hydrogens is 264 g/mol. The Hall–Kier alpha value is -2.42. The largest absolute Gasteiger partial charge is 0.457 e. The van der Waals surface area contributed by atoms with Gasteiger partial charge in [0.2, 0.25) is 0 Å². The Bertz CT molecular complexity index is 774. The van der Waals surface area contributed by atoms with Gasteiger partial charge >= 0.3 is 0 Å². The molecule has 0 saturated carbocycles. The highest BCUT2D eigenvalue weighted by Crippen LogP contribution is 2.31. The van der Waals surface area contributed by atoms with E-state index < -0.39 is 0 Å². The lowest BCUT2D eigenvalue weighted by Crippen LogP contribution is -1.93. The average Bonchev–Trinajstić information content (AvgIpc) is 3.04. The number of Topliss-reactive ketones (excluding diaryl/α,β-unsaturated/α-hetero) is 2. The summed E-state index contributed by atoms with van der Waals surface area (Å²) in [6.45, 7) is 0. The number of ketones is 2. The maximum absolute atomic E-state index is 11.8. The minimum Gasteiger partial charge on any atom is -0.457 e. The molecule has 4 rings (SSSR count). The number of carbonyl (C=O) groups excluding carboxylic acids is 2. The number of hydrogen-bond donors (Lipinski definition) is 0. The maximum Gasteiger partial charge on any atom is 0.171 e. The molecule has 104 valence electrons. The Balaban J connectivity index is 1.65. The highest BCUT2D eigenvalue weighted by Gasteiger charge is 2.27. The first-order valence-electron chi connectivity index (χ1n) is 7.21. The molecule has 0 radical (unpaired) electrons. The maximum atomic E-state index is 11.8. The van der Waals surface area contributed by atoms with Crippen LogP contribution in [-0.4, -0.2) is 11.6 Å². The van der Waals surface area contributed by atoms with Gasteiger partial charge in [-0.2, -0.15) is 0 Å². The van der Waals surface area contributed by atoms with E-state index in [2.05, 4.69) is 12.1 Å². The predicted octanol–water partition coefficient (Wildman–Crippen LogP) is 3.74. The molecule has 0 fully saturated rings. The Kier molecular flexibility index (Phi) is 2.67. The highest BCUT2D eigenvalue weighted by molar-refractivity contribution is 6.24. The molecule has 2 aliphatic carbocycles. The molecule has 0 amide bonds. The SMILES string of the molecule is O=C1CC(=O)c2cc(Oc3ccc4c(c3)CCC4)ccc21. The third-order valence-corrected chi connectivity index (χ3v) is 4.22. The molecule has 2 aromatic rings. The van der Waals surface area contributed by atoms with Crippen LogP contribution in [0.5, 0.6) is 11.5 Å². The van der Waals surface area contributed by atoms with Gasteiger partial charge in [-0.1, -0.05) is 6.07 Å². The summed E-state index contributed by atoms with van der Waals surface area (Å²) in [5.74, 6) is 1.18. The zero-order chi connectivity index (χ0) is 14.4. The smallest absolute Gasteiger partial charge is 0.171 e. The molecule has 0 bridgehead atoms. The standard InChI is InChI=1S/C18H14O3/c19-17-10-18(20)16-9-14(6-7-15(16)17)21-13-5-4-11-2-1-3-12(11)8-13/h4-9H,1-3,10H2. The van der Waals surface area contributed by atoms with Gasteiger partial charge in [-0.15, -0.1) is 0 Å². The number of aryl methyl sites for hydroxylation is 2. The second-order valence-corrected chi connectivity index (χ2v) is 5.62. The van der Waals surface area contributed by atoms with Gasteiger partial charge in [-0.25, -0.2) is 0 Å². The van der Waals surface area contributed by atoms with Gasteiger partial charge in [-0.05, 0) is 60.7 Å². The van der Waals surface area contributed by atoms with Crippen molar-refractivity contribution in [3.8, 4) is 11.5 Å². The van der Waals surface area contributed by atoms with E-state index in [9.17, 15) is 9.59 Å². The molecule has 3 nitrogen and oxygen atoms in total. The fourth-order valence-electron chi connectivity index (χ4n) is 3.14. The van der Waals surface area contributed by atoms with Crippen molar-refractivity contribution in [1.82, 2.24) is 0 Å². The number of hydrogen-bond acceptors (Lipinski definition) is 3. The zero-order valence-electron chi connectivity index (χ0n) is 11.5. The Labute approximate surface area is 122 Å². The van der Waals surface area contributed by atoms with Crippen LogP contribution in [0, 0.1) is 0 Å². The van der Waals surface area contributed by atoms with Crippen molar-refractivity contribution in [3.05, 3.63) is 58.7 Å². The van der Waals surface area contributed by atoms with Crippen molar-refractivity contribution in [1.29, 1.82) is 0 Å². The molecule has 3 heteroatoms. The minimum absolute atomic E-state index is 0.0162. The topological polar surface area (TPSA) is 43.4 Å². The van der Waals surface area contributed by atoms with Crippen LogP contribution in [-0.2, 0) is 12.8 Å². The van der Waals surface area contributed by atoms with E-state index >= 15 is 0 Å². The molecule has 0 atom stereocenters. The monoisotopic (exact) mass is 278 g/mol. The lowest BCUT2D eigenvalue weighted by molar-refractivity contribution is 0.0923. The van der Waals surface area contributed by atoms with E-state index in [1.54, 1.807) is 18.2 Å². The summed E-state index contributed by atoms with van der Waals surface area (Å²) in [4.78, 5) is 23.4. The minimum atomic E-state index is -0.116. The fourth-order valence-corrected chi connectivity index (χ4v) is 3.14. The fraction of sp³-hybridized carbons (Fsp3) is 0.222. The van der Waals surface area contributed by atoms with Crippen molar-refractivity contribution >= 4 is 11.6 Å². The van der Waals surface area contributed by atoms with E-state index in [0.29, 0.717) is 16.9 Å².